The first kappa shape index (κ1) is 14.2. The van der Waals surface area contributed by atoms with Crippen molar-refractivity contribution in [3.05, 3.63) is 11.6 Å². The fraction of sp³-hybridized carbons (Fsp3) is 0.769. The topological polar surface area (TPSA) is 52.6 Å². The zero-order chi connectivity index (χ0) is 12.9. The zero-order valence-electron chi connectivity index (χ0n) is 11.1. The predicted molar refractivity (Wildman–Crippen MR) is 69.1 cm³/mol. The molecule has 4 heteroatoms. The van der Waals surface area contributed by atoms with Crippen LogP contribution in [0.5, 0.6) is 0 Å². The summed E-state index contributed by atoms with van der Waals surface area (Å²) in [4.78, 5) is 13.1. The summed E-state index contributed by atoms with van der Waals surface area (Å²) in [5.74, 6) is -0.805. The fourth-order valence-corrected chi connectivity index (χ4v) is 2.25. The van der Waals surface area contributed by atoms with Gasteiger partial charge in [-0.15, -0.1) is 0 Å². The van der Waals surface area contributed by atoms with Crippen LogP contribution in [0, 0.1) is 0 Å². The molecule has 17 heavy (non-hydrogen) atoms. The number of likely N-dealkylation sites (N-methyl/N-ethyl adjacent to an activating group) is 1. The van der Waals surface area contributed by atoms with Gasteiger partial charge in [0.1, 0.15) is 0 Å². The van der Waals surface area contributed by atoms with Crippen molar-refractivity contribution >= 4 is 5.97 Å². The van der Waals surface area contributed by atoms with Gasteiger partial charge < -0.3 is 15.3 Å². The number of carboxylic acid groups (broad SMARTS) is 1. The van der Waals surface area contributed by atoms with Gasteiger partial charge in [0.25, 0.3) is 0 Å². The highest BCUT2D eigenvalue weighted by Gasteiger charge is 2.38. The van der Waals surface area contributed by atoms with Crippen molar-refractivity contribution in [3.63, 3.8) is 0 Å². The molecule has 0 heterocycles. The molecule has 1 aliphatic carbocycles. The van der Waals surface area contributed by atoms with Gasteiger partial charge in [-0.3, -0.25) is 0 Å². The van der Waals surface area contributed by atoms with Gasteiger partial charge in [-0.1, -0.05) is 13.0 Å². The van der Waals surface area contributed by atoms with Crippen molar-refractivity contribution in [2.45, 2.75) is 38.1 Å². The van der Waals surface area contributed by atoms with Gasteiger partial charge in [0.15, 0.2) is 0 Å². The van der Waals surface area contributed by atoms with Gasteiger partial charge in [0.2, 0.25) is 0 Å². The molecule has 0 amide bonds. The molecule has 0 unspecified atom stereocenters. The maximum absolute atomic E-state index is 10.8. The molecule has 4 nitrogen and oxygen atoms in total. The molecule has 0 aromatic carbocycles. The van der Waals surface area contributed by atoms with Crippen molar-refractivity contribution < 1.29 is 9.90 Å². The van der Waals surface area contributed by atoms with Crippen LogP contribution in [-0.4, -0.2) is 48.7 Å². The molecule has 0 spiro atoms. The quantitative estimate of drug-likeness (QED) is 0.523. The fourth-order valence-electron chi connectivity index (χ4n) is 2.25. The summed E-state index contributed by atoms with van der Waals surface area (Å²) in [6.07, 6.45) is 6.12. The number of rotatable bonds is 7. The van der Waals surface area contributed by atoms with E-state index in [2.05, 4.69) is 24.3 Å². The minimum atomic E-state index is -0.805. The van der Waals surface area contributed by atoms with Gasteiger partial charge >= 0.3 is 5.97 Å². The number of carboxylic acids is 1. The Morgan fingerprint density at radius 2 is 2.12 bits per heavy atom. The molecule has 98 valence electrons. The van der Waals surface area contributed by atoms with Crippen LogP contribution in [0.25, 0.3) is 0 Å². The van der Waals surface area contributed by atoms with Crippen LogP contribution >= 0.6 is 0 Å². The molecule has 0 atom stereocenters. The third-order valence-corrected chi connectivity index (χ3v) is 3.84. The van der Waals surface area contributed by atoms with Crippen LogP contribution in [0.3, 0.4) is 0 Å². The summed E-state index contributed by atoms with van der Waals surface area (Å²) in [6.45, 7) is 3.45. The van der Waals surface area contributed by atoms with Crippen LogP contribution in [0.4, 0.5) is 0 Å². The lowest BCUT2D eigenvalue weighted by Crippen LogP contribution is -2.56. The van der Waals surface area contributed by atoms with E-state index in [1.54, 1.807) is 6.08 Å². The minimum absolute atomic E-state index is 0.295. The van der Waals surface area contributed by atoms with Gasteiger partial charge in [-0.2, -0.15) is 0 Å². The molecule has 0 bridgehead atoms. The second kappa shape index (κ2) is 6.17. The van der Waals surface area contributed by atoms with Gasteiger partial charge in [-0.25, -0.2) is 4.79 Å². The lowest BCUT2D eigenvalue weighted by molar-refractivity contribution is -0.132. The van der Waals surface area contributed by atoms with Gasteiger partial charge in [0.05, 0.1) is 0 Å². The Hall–Kier alpha value is -0.870. The van der Waals surface area contributed by atoms with E-state index in [1.807, 2.05) is 6.92 Å². The van der Waals surface area contributed by atoms with E-state index < -0.39 is 5.97 Å². The highest BCUT2D eigenvalue weighted by molar-refractivity contribution is 5.86. The van der Waals surface area contributed by atoms with E-state index in [4.69, 9.17) is 5.11 Å². The van der Waals surface area contributed by atoms with E-state index in [-0.39, 0.29) is 0 Å². The Morgan fingerprint density at radius 1 is 1.47 bits per heavy atom. The summed E-state index contributed by atoms with van der Waals surface area (Å²) in [5.41, 5.74) is 0.786. The lowest BCUT2D eigenvalue weighted by atomic mass is 9.75. The molecule has 1 saturated carbocycles. The third kappa shape index (κ3) is 3.54. The Balaban J connectivity index is 2.35. The monoisotopic (exact) mass is 240 g/mol. The molecule has 1 rings (SSSR count). The molecular formula is C13H24N2O2. The summed E-state index contributed by atoms with van der Waals surface area (Å²) in [7, 11) is 4.23. The van der Waals surface area contributed by atoms with Crippen LogP contribution < -0.4 is 5.32 Å². The molecule has 1 aliphatic rings. The number of aliphatic carboxylic acids is 1. The number of nitrogens with one attached hydrogen (secondary N) is 1. The van der Waals surface area contributed by atoms with Crippen molar-refractivity contribution in [1.82, 2.24) is 10.2 Å². The van der Waals surface area contributed by atoms with Crippen molar-refractivity contribution in [3.8, 4) is 0 Å². The molecule has 0 aromatic rings. The molecular weight excluding hydrogens is 216 g/mol. The molecule has 1 fully saturated rings. The van der Waals surface area contributed by atoms with Gasteiger partial charge in [0, 0.05) is 24.2 Å². The molecule has 0 radical (unpaired) electrons. The number of carbonyl (C=O) groups is 1. The predicted octanol–water partition coefficient (Wildman–Crippen LogP) is 1.48. The first-order valence-electron chi connectivity index (χ1n) is 6.32. The van der Waals surface area contributed by atoms with Crippen LogP contribution in [0.1, 0.15) is 32.6 Å². The van der Waals surface area contributed by atoms with E-state index >= 15 is 0 Å². The smallest absolute Gasteiger partial charge is 0.331 e. The van der Waals surface area contributed by atoms with E-state index in [0.717, 1.165) is 6.54 Å². The normalized spacial score (nSPS) is 19.2. The molecule has 0 aromatic heterocycles. The number of hydrogen-bond donors (Lipinski definition) is 2. The summed E-state index contributed by atoms with van der Waals surface area (Å²) in [6, 6.07) is 0. The maximum Gasteiger partial charge on any atom is 0.331 e. The van der Waals surface area contributed by atoms with Crippen molar-refractivity contribution in [1.29, 1.82) is 0 Å². The van der Waals surface area contributed by atoms with Crippen LogP contribution in [0.2, 0.25) is 0 Å². The Bertz CT molecular complexity index is 294. The minimum Gasteiger partial charge on any atom is -0.478 e. The van der Waals surface area contributed by atoms with Crippen molar-refractivity contribution in [2.24, 2.45) is 0 Å². The second-order valence-electron chi connectivity index (χ2n) is 4.99. The summed E-state index contributed by atoms with van der Waals surface area (Å²) in [5, 5.41) is 12.2. The molecule has 0 saturated heterocycles. The highest BCUT2D eigenvalue weighted by atomic mass is 16.4. The number of hydrogen-bond acceptors (Lipinski definition) is 3. The van der Waals surface area contributed by atoms with Crippen molar-refractivity contribution in [2.75, 3.05) is 27.2 Å². The maximum atomic E-state index is 10.8. The van der Waals surface area contributed by atoms with Crippen LogP contribution in [-0.2, 0) is 4.79 Å². The SMILES string of the molecule is CCC(=CCNCC1(N(C)C)CCC1)C(=O)O. The highest BCUT2D eigenvalue weighted by Crippen LogP contribution is 2.35. The standard InChI is InChI=1S/C13H24N2O2/c1-4-11(12(16)17)6-9-14-10-13(15(2)3)7-5-8-13/h6,14H,4-5,7-10H2,1-3H3,(H,16,17). The first-order valence-corrected chi connectivity index (χ1v) is 6.32. The Labute approximate surface area is 104 Å². The molecule has 2 N–H and O–H groups in total. The molecule has 0 aliphatic heterocycles. The first-order chi connectivity index (χ1) is 8.02. The average Bonchev–Trinajstić information content (AvgIpc) is 2.19. The Kier molecular flexibility index (Phi) is 5.15. The van der Waals surface area contributed by atoms with Crippen LogP contribution in [0.15, 0.2) is 11.6 Å². The van der Waals surface area contributed by atoms with E-state index in [0.29, 0.717) is 24.1 Å². The number of nitrogens with zero attached hydrogens (tertiary/aromatic N) is 1. The van der Waals surface area contributed by atoms with Gasteiger partial charge in [-0.05, 0) is 39.8 Å². The summed E-state index contributed by atoms with van der Waals surface area (Å²) >= 11 is 0. The van der Waals surface area contributed by atoms with E-state index in [9.17, 15) is 4.79 Å². The third-order valence-electron chi connectivity index (χ3n) is 3.84. The lowest BCUT2D eigenvalue weighted by Gasteiger charge is -2.47. The Morgan fingerprint density at radius 3 is 2.47 bits per heavy atom. The summed E-state index contributed by atoms with van der Waals surface area (Å²) < 4.78 is 0. The average molecular weight is 240 g/mol. The largest absolute Gasteiger partial charge is 0.478 e. The van der Waals surface area contributed by atoms with E-state index in [1.165, 1.54) is 19.3 Å². The second-order valence-corrected chi connectivity index (χ2v) is 4.99. The zero-order valence-corrected chi connectivity index (χ0v) is 11.1.